The number of thiophene rings is 1. The highest BCUT2D eigenvalue weighted by atomic mass is 32.1. The molecule has 1 saturated heterocycles. The van der Waals surface area contributed by atoms with E-state index in [4.69, 9.17) is 18.9 Å². The van der Waals surface area contributed by atoms with Crippen LogP contribution in [0.25, 0.3) is 21.4 Å². The van der Waals surface area contributed by atoms with Gasteiger partial charge in [-0.05, 0) is 69.2 Å². The minimum atomic E-state index is 0.00838. The lowest BCUT2D eigenvalue weighted by molar-refractivity contribution is -0.126. The van der Waals surface area contributed by atoms with Crippen molar-refractivity contribution in [1.29, 1.82) is 0 Å². The molecule has 1 aromatic carbocycles. The third-order valence-corrected chi connectivity index (χ3v) is 10.5. The Kier molecular flexibility index (Phi) is 13.9. The van der Waals surface area contributed by atoms with Crippen molar-refractivity contribution in [2.24, 2.45) is 4.99 Å². The van der Waals surface area contributed by atoms with Gasteiger partial charge in [-0.15, -0.1) is 11.3 Å². The van der Waals surface area contributed by atoms with Gasteiger partial charge in [-0.25, -0.2) is 4.99 Å². The number of allylic oxidation sites excluding steroid dienone is 3. The molecule has 2 aliphatic heterocycles. The normalized spacial score (nSPS) is 18.3. The number of morpholine rings is 1. The van der Waals surface area contributed by atoms with E-state index in [2.05, 4.69) is 60.9 Å². The summed E-state index contributed by atoms with van der Waals surface area (Å²) in [7, 11) is 3.62. The van der Waals surface area contributed by atoms with Crippen LogP contribution in [0.15, 0.2) is 79.0 Å². The van der Waals surface area contributed by atoms with Crippen molar-refractivity contribution in [1.82, 2.24) is 9.80 Å². The smallest absolute Gasteiger partial charge is 0.270 e. The van der Waals surface area contributed by atoms with Crippen LogP contribution in [-0.4, -0.2) is 74.6 Å². The third kappa shape index (κ3) is 9.07. The molecule has 4 heterocycles. The summed E-state index contributed by atoms with van der Waals surface area (Å²) in [5, 5.41) is 2.01. The average Bonchev–Trinajstić information content (AvgIpc) is 3.91. The third-order valence-electron chi connectivity index (χ3n) is 9.56. The summed E-state index contributed by atoms with van der Waals surface area (Å²) in [6.45, 7) is 13.9. The summed E-state index contributed by atoms with van der Waals surface area (Å²) < 4.78 is 18.3. The lowest BCUT2D eigenvalue weighted by Crippen LogP contribution is -2.40. The van der Waals surface area contributed by atoms with Crippen LogP contribution in [-0.2, 0) is 16.0 Å². The largest absolute Gasteiger partial charge is 0.493 e. The number of aryl methyl sites for hydroxylation is 1. The molecule has 280 valence electrons. The number of nitrogens with zero attached hydrogens (tertiary/aromatic N) is 4. The van der Waals surface area contributed by atoms with Gasteiger partial charge in [0.15, 0.2) is 11.5 Å². The number of benzene rings is 1. The molecule has 52 heavy (non-hydrogen) atoms. The Balaban J connectivity index is 0.000000207. The zero-order valence-electron chi connectivity index (χ0n) is 32.1. The van der Waals surface area contributed by atoms with Crippen molar-refractivity contribution >= 4 is 39.2 Å². The molecule has 10 heteroatoms. The van der Waals surface area contributed by atoms with Crippen molar-refractivity contribution in [3.63, 3.8) is 0 Å². The molecule has 0 radical (unpaired) electrons. The molecule has 0 N–H and O–H groups in total. The molecule has 1 saturated carbocycles. The maximum Gasteiger partial charge on any atom is 0.270 e. The van der Waals surface area contributed by atoms with E-state index < -0.39 is 0 Å². The second-order valence-electron chi connectivity index (χ2n) is 13.7. The van der Waals surface area contributed by atoms with E-state index in [0.29, 0.717) is 42.0 Å². The SMILES string of the molecule is C/C=C1/C=C(C(=O)N(C)C)N(C2CCCC2)/C1=N/C(C)=C\CC.CCCOc1cc(-c2csc3c(=O)cc(N4CCOCC4)oc23)ccc1CCC. The molecule has 3 aromatic rings. The number of likely N-dealkylation sites (N-methyl/N-ethyl adjacent to an activating group) is 1. The minimum Gasteiger partial charge on any atom is -0.493 e. The molecule has 2 fully saturated rings. The summed E-state index contributed by atoms with van der Waals surface area (Å²) in [6.07, 6.45) is 14.9. The van der Waals surface area contributed by atoms with Gasteiger partial charge in [0.1, 0.15) is 22.0 Å². The first kappa shape index (κ1) is 39.1. The lowest BCUT2D eigenvalue weighted by atomic mass is 10.0. The maximum absolute atomic E-state index is 12.7. The molecule has 6 rings (SSSR count). The molecular weight excluding hydrogens is 673 g/mol. The van der Waals surface area contributed by atoms with E-state index in [-0.39, 0.29) is 11.3 Å². The van der Waals surface area contributed by atoms with Crippen LogP contribution in [0.3, 0.4) is 0 Å². The summed E-state index contributed by atoms with van der Waals surface area (Å²) >= 11 is 1.44. The Hall–Kier alpha value is -4.15. The molecule has 9 nitrogen and oxygen atoms in total. The van der Waals surface area contributed by atoms with E-state index >= 15 is 0 Å². The molecule has 0 spiro atoms. The van der Waals surface area contributed by atoms with Gasteiger partial charge >= 0.3 is 0 Å². The van der Waals surface area contributed by atoms with E-state index in [1.54, 1.807) is 11.0 Å². The molecule has 3 aliphatic rings. The van der Waals surface area contributed by atoms with Crippen LogP contribution >= 0.6 is 11.3 Å². The van der Waals surface area contributed by atoms with Gasteiger partial charge in [-0.1, -0.05) is 64.3 Å². The highest BCUT2D eigenvalue weighted by Crippen LogP contribution is 2.37. The number of aliphatic imine (C=N–C) groups is 1. The van der Waals surface area contributed by atoms with Crippen molar-refractivity contribution in [2.45, 2.75) is 92.0 Å². The summed E-state index contributed by atoms with van der Waals surface area (Å²) in [5.74, 6) is 2.54. The molecule has 0 unspecified atom stereocenters. The second-order valence-corrected chi connectivity index (χ2v) is 14.6. The zero-order valence-corrected chi connectivity index (χ0v) is 32.9. The van der Waals surface area contributed by atoms with Crippen molar-refractivity contribution in [3.8, 4) is 16.9 Å². The van der Waals surface area contributed by atoms with Crippen LogP contribution in [0.4, 0.5) is 5.88 Å². The summed E-state index contributed by atoms with van der Waals surface area (Å²) in [4.78, 5) is 36.1. The quantitative estimate of drug-likeness (QED) is 0.195. The van der Waals surface area contributed by atoms with Gasteiger partial charge < -0.3 is 28.6 Å². The molecule has 0 bridgehead atoms. The molecular formula is C42H56N4O5S. The Labute approximate surface area is 313 Å². The molecule has 1 amide bonds. The van der Waals surface area contributed by atoms with Crippen LogP contribution in [0, 0.1) is 0 Å². The van der Waals surface area contributed by atoms with E-state index in [1.165, 1.54) is 29.7 Å². The van der Waals surface area contributed by atoms with Crippen molar-refractivity contribution < 1.29 is 18.7 Å². The molecule has 1 aliphatic carbocycles. The standard InChI is InChI=1S/C23H27NO4S.C19H29N3O/c1-3-5-16-6-7-17(13-20(16)27-10-4-2)18-15-29-23-19(25)14-21(28-22(18)23)24-8-11-26-12-9-24;1-6-10-14(3)20-18-15(7-2)13-17(19(23)21(4)5)22(18)16-11-8-9-12-16/h6-7,13-15H,3-5,8-12H2,1-2H3;7,10,13,16H,6,8-9,11-12H2,1-5H3/b;14-10-,15-7-,20-18+. The number of hydrogen-bond acceptors (Lipinski definition) is 8. The van der Waals surface area contributed by atoms with Crippen molar-refractivity contribution in [3.05, 3.63) is 80.6 Å². The summed E-state index contributed by atoms with van der Waals surface area (Å²) in [6, 6.07) is 8.32. The average molecular weight is 729 g/mol. The Bertz CT molecular complexity index is 1870. The van der Waals surface area contributed by atoms with Crippen molar-refractivity contribution in [2.75, 3.05) is 51.9 Å². The van der Waals surface area contributed by atoms with E-state index in [9.17, 15) is 9.59 Å². The monoisotopic (exact) mass is 728 g/mol. The Morgan fingerprint density at radius 1 is 1.10 bits per heavy atom. The molecule has 0 atom stereocenters. The Morgan fingerprint density at radius 3 is 2.50 bits per heavy atom. The van der Waals surface area contributed by atoms with E-state index in [0.717, 1.165) is 91.3 Å². The number of carbonyl (C=O) groups is 1. The van der Waals surface area contributed by atoms with Crippen LogP contribution in [0.2, 0.25) is 0 Å². The van der Waals surface area contributed by atoms with Gasteiger partial charge in [-0.2, -0.15) is 0 Å². The number of carbonyl (C=O) groups excluding carboxylic acids is 1. The van der Waals surface area contributed by atoms with Crippen LogP contribution in [0.5, 0.6) is 5.75 Å². The van der Waals surface area contributed by atoms with Gasteiger partial charge in [0.05, 0.1) is 19.8 Å². The first-order valence-corrected chi connectivity index (χ1v) is 19.9. The number of amides is 1. The number of hydrogen-bond donors (Lipinski definition) is 0. The fourth-order valence-electron chi connectivity index (χ4n) is 6.91. The number of fused-ring (bicyclic) bond motifs is 1. The van der Waals surface area contributed by atoms with E-state index in [1.807, 2.05) is 39.4 Å². The fourth-order valence-corrected chi connectivity index (χ4v) is 7.83. The topological polar surface area (TPSA) is 87.8 Å². The first-order valence-electron chi connectivity index (χ1n) is 19.0. The molecule has 2 aromatic heterocycles. The highest BCUT2D eigenvalue weighted by Gasteiger charge is 2.37. The van der Waals surface area contributed by atoms with Crippen LogP contribution < -0.4 is 15.1 Å². The summed E-state index contributed by atoms with van der Waals surface area (Å²) in [5.41, 5.74) is 6.68. The Morgan fingerprint density at radius 2 is 1.85 bits per heavy atom. The maximum atomic E-state index is 12.7. The zero-order chi connectivity index (χ0) is 37.2. The first-order chi connectivity index (χ1) is 25.2. The van der Waals surface area contributed by atoms with Gasteiger partial charge in [0.2, 0.25) is 5.43 Å². The van der Waals surface area contributed by atoms with Crippen LogP contribution in [0.1, 0.15) is 85.1 Å². The second kappa shape index (κ2) is 18.6. The van der Waals surface area contributed by atoms with Gasteiger partial charge in [-0.3, -0.25) is 9.59 Å². The number of amidine groups is 1. The van der Waals surface area contributed by atoms with Gasteiger partial charge in [0.25, 0.3) is 5.91 Å². The minimum absolute atomic E-state index is 0.00838. The number of rotatable bonds is 11. The number of anilines is 1. The van der Waals surface area contributed by atoms with Gasteiger partial charge in [0, 0.05) is 61.5 Å². The lowest BCUT2D eigenvalue weighted by Gasteiger charge is -2.30. The predicted molar refractivity (Wildman–Crippen MR) is 215 cm³/mol. The fraction of sp³-hybridized carbons (Fsp3) is 0.500. The number of ether oxygens (including phenoxy) is 2. The highest BCUT2D eigenvalue weighted by molar-refractivity contribution is 7.17. The predicted octanol–water partition coefficient (Wildman–Crippen LogP) is 8.97.